The van der Waals surface area contributed by atoms with Gasteiger partial charge in [-0.05, 0) is 54.8 Å². The highest BCUT2D eigenvalue weighted by Gasteiger charge is 2.31. The van der Waals surface area contributed by atoms with Crippen molar-refractivity contribution in [2.75, 3.05) is 26.7 Å². The lowest BCUT2D eigenvalue weighted by Crippen LogP contribution is -2.39. The van der Waals surface area contributed by atoms with Crippen LogP contribution in [-0.4, -0.2) is 50.3 Å². The van der Waals surface area contributed by atoms with Crippen molar-refractivity contribution >= 4 is 15.9 Å². The third-order valence-corrected chi connectivity index (χ3v) is 7.71. The number of sulfonamides is 1. The van der Waals surface area contributed by atoms with Gasteiger partial charge in [-0.15, -0.1) is 0 Å². The van der Waals surface area contributed by atoms with E-state index in [0.717, 1.165) is 11.1 Å². The van der Waals surface area contributed by atoms with Crippen LogP contribution >= 0.6 is 0 Å². The second-order valence-corrected chi connectivity index (χ2v) is 9.13. The molecule has 1 atom stereocenters. The van der Waals surface area contributed by atoms with Crippen molar-refractivity contribution in [1.82, 2.24) is 9.21 Å². The smallest absolute Gasteiger partial charge is 0.254 e. The first kappa shape index (κ1) is 22.2. The van der Waals surface area contributed by atoms with E-state index in [2.05, 4.69) is 0 Å². The average molecular weight is 435 g/mol. The summed E-state index contributed by atoms with van der Waals surface area (Å²) in [6, 6.07) is 8.78. The summed E-state index contributed by atoms with van der Waals surface area (Å²) in [5, 5.41) is 0. The second kappa shape index (κ2) is 8.73. The van der Waals surface area contributed by atoms with Crippen molar-refractivity contribution < 1.29 is 22.3 Å². The van der Waals surface area contributed by atoms with Gasteiger partial charge in [0.05, 0.1) is 13.2 Å². The zero-order valence-corrected chi connectivity index (χ0v) is 18.5. The van der Waals surface area contributed by atoms with Crippen LogP contribution in [0.1, 0.15) is 48.3 Å². The van der Waals surface area contributed by atoms with E-state index in [4.69, 9.17) is 4.74 Å². The molecule has 0 saturated heterocycles. The number of methoxy groups -OCH3 is 1. The van der Waals surface area contributed by atoms with Crippen molar-refractivity contribution in [3.05, 3.63) is 58.9 Å². The van der Waals surface area contributed by atoms with E-state index < -0.39 is 10.0 Å². The molecule has 0 aromatic heterocycles. The Kier molecular flexibility index (Phi) is 6.47. The second-order valence-electron chi connectivity index (χ2n) is 7.22. The Bertz CT molecular complexity index is 1050. The number of carbonyl (C=O) groups excluding carboxylic acids is 1. The first-order chi connectivity index (χ1) is 14.2. The van der Waals surface area contributed by atoms with Crippen LogP contribution in [0, 0.1) is 5.82 Å². The lowest BCUT2D eigenvalue weighted by molar-refractivity contribution is 0.0677. The predicted molar refractivity (Wildman–Crippen MR) is 113 cm³/mol. The predicted octanol–water partition coefficient (Wildman–Crippen LogP) is 3.62. The maximum atomic E-state index is 13.7. The van der Waals surface area contributed by atoms with Gasteiger partial charge >= 0.3 is 0 Å². The van der Waals surface area contributed by atoms with Gasteiger partial charge in [-0.3, -0.25) is 4.79 Å². The summed E-state index contributed by atoms with van der Waals surface area (Å²) >= 11 is 0. The molecule has 6 nitrogen and oxygen atoms in total. The molecule has 0 spiro atoms. The van der Waals surface area contributed by atoms with Gasteiger partial charge in [0, 0.05) is 25.2 Å². The fourth-order valence-corrected chi connectivity index (χ4v) is 5.58. The molecule has 0 saturated carbocycles. The first-order valence-corrected chi connectivity index (χ1v) is 11.5. The largest absolute Gasteiger partial charge is 0.495 e. The summed E-state index contributed by atoms with van der Waals surface area (Å²) in [5.74, 6) is -0.444. The quantitative estimate of drug-likeness (QED) is 0.696. The van der Waals surface area contributed by atoms with Gasteiger partial charge in [-0.25, -0.2) is 12.8 Å². The highest BCUT2D eigenvalue weighted by molar-refractivity contribution is 7.89. The minimum absolute atomic E-state index is 0.0318. The molecule has 0 bridgehead atoms. The molecule has 3 rings (SSSR count). The molecule has 1 heterocycles. The van der Waals surface area contributed by atoms with Gasteiger partial charge in [0.15, 0.2) is 0 Å². The van der Waals surface area contributed by atoms with Crippen LogP contribution in [-0.2, 0) is 16.4 Å². The zero-order valence-electron chi connectivity index (χ0n) is 17.7. The molecule has 0 radical (unpaired) electrons. The number of amides is 1. The SMILES string of the molecule is CCN(CC)S(=O)(=O)c1cc(C(=O)N2CCc3ccc(F)cc3C2C)ccc1OC. The van der Waals surface area contributed by atoms with Crippen LogP contribution in [0.2, 0.25) is 0 Å². The number of benzene rings is 2. The van der Waals surface area contributed by atoms with E-state index in [1.54, 1.807) is 30.9 Å². The Labute approximate surface area is 177 Å². The van der Waals surface area contributed by atoms with E-state index >= 15 is 0 Å². The molecule has 8 heteroatoms. The van der Waals surface area contributed by atoms with Gasteiger partial charge in [-0.1, -0.05) is 19.9 Å². The van der Waals surface area contributed by atoms with E-state index in [1.165, 1.54) is 35.7 Å². The number of hydrogen-bond acceptors (Lipinski definition) is 4. The fraction of sp³-hybridized carbons (Fsp3) is 0.409. The summed E-state index contributed by atoms with van der Waals surface area (Å²) < 4.78 is 46.5. The van der Waals surface area contributed by atoms with Gasteiger partial charge in [0.1, 0.15) is 16.5 Å². The Morgan fingerprint density at radius 1 is 1.20 bits per heavy atom. The summed E-state index contributed by atoms with van der Waals surface area (Å²) in [6.45, 7) is 6.47. The number of halogens is 1. The van der Waals surface area contributed by atoms with E-state index in [1.807, 2.05) is 6.92 Å². The summed E-state index contributed by atoms with van der Waals surface area (Å²) in [6.07, 6.45) is 0.618. The third-order valence-electron chi connectivity index (χ3n) is 5.64. The maximum Gasteiger partial charge on any atom is 0.254 e. The molecule has 2 aromatic carbocycles. The molecule has 0 fully saturated rings. The molecule has 30 heavy (non-hydrogen) atoms. The maximum absolute atomic E-state index is 13.7. The van der Waals surface area contributed by atoms with Gasteiger partial charge < -0.3 is 9.64 Å². The van der Waals surface area contributed by atoms with Crippen LogP contribution in [0.4, 0.5) is 4.39 Å². The zero-order chi connectivity index (χ0) is 22.1. The molecule has 0 aliphatic carbocycles. The summed E-state index contributed by atoms with van der Waals surface area (Å²) in [7, 11) is -2.41. The number of fused-ring (bicyclic) bond motifs is 1. The van der Waals surface area contributed by atoms with Gasteiger partial charge in [0.2, 0.25) is 10.0 Å². The highest BCUT2D eigenvalue weighted by Crippen LogP contribution is 2.33. The Balaban J connectivity index is 2.00. The van der Waals surface area contributed by atoms with E-state index in [-0.39, 0.29) is 34.0 Å². The van der Waals surface area contributed by atoms with Crippen LogP contribution in [0.15, 0.2) is 41.3 Å². The minimum atomic E-state index is -3.81. The summed E-state index contributed by atoms with van der Waals surface area (Å²) in [5.41, 5.74) is 2.06. The van der Waals surface area contributed by atoms with Crippen molar-refractivity contribution in [1.29, 1.82) is 0 Å². The minimum Gasteiger partial charge on any atom is -0.495 e. The third kappa shape index (κ3) is 3.94. The van der Waals surface area contributed by atoms with Crippen molar-refractivity contribution in [3.63, 3.8) is 0 Å². The van der Waals surface area contributed by atoms with Gasteiger partial charge in [0.25, 0.3) is 5.91 Å². The molecule has 162 valence electrons. The molecule has 0 N–H and O–H groups in total. The fourth-order valence-electron chi connectivity index (χ4n) is 3.94. The van der Waals surface area contributed by atoms with E-state index in [0.29, 0.717) is 26.1 Å². The Morgan fingerprint density at radius 3 is 2.53 bits per heavy atom. The number of carbonyl (C=O) groups is 1. The number of ether oxygens (including phenoxy) is 1. The van der Waals surface area contributed by atoms with E-state index in [9.17, 15) is 17.6 Å². The highest BCUT2D eigenvalue weighted by atomic mass is 32.2. The number of rotatable bonds is 6. The number of hydrogen-bond donors (Lipinski definition) is 0. The molecule has 1 amide bonds. The monoisotopic (exact) mass is 434 g/mol. The standard InChI is InChI=1S/C22H27FN2O4S/c1-5-24(6-2)30(27,28)21-13-17(8-10-20(21)29-4)22(26)25-12-11-16-7-9-18(23)14-19(16)15(25)3/h7-10,13-15H,5-6,11-12H2,1-4H3. The van der Waals surface area contributed by atoms with Crippen LogP contribution in [0.5, 0.6) is 5.75 Å². The Morgan fingerprint density at radius 2 is 1.90 bits per heavy atom. The topological polar surface area (TPSA) is 66.9 Å². The molecule has 1 aliphatic heterocycles. The van der Waals surface area contributed by atoms with Crippen LogP contribution in [0.3, 0.4) is 0 Å². The molecular formula is C22H27FN2O4S. The van der Waals surface area contributed by atoms with Crippen LogP contribution in [0.25, 0.3) is 0 Å². The molecule has 1 unspecified atom stereocenters. The van der Waals surface area contributed by atoms with Crippen molar-refractivity contribution in [3.8, 4) is 5.75 Å². The average Bonchev–Trinajstić information content (AvgIpc) is 2.74. The van der Waals surface area contributed by atoms with Crippen LogP contribution < -0.4 is 4.74 Å². The lowest BCUT2D eigenvalue weighted by atomic mass is 9.93. The van der Waals surface area contributed by atoms with Crippen molar-refractivity contribution in [2.24, 2.45) is 0 Å². The Hall–Kier alpha value is -2.45. The molecular weight excluding hydrogens is 407 g/mol. The molecule has 1 aliphatic rings. The summed E-state index contributed by atoms with van der Waals surface area (Å²) in [4.78, 5) is 14.9. The normalized spacial score (nSPS) is 16.5. The number of nitrogens with zero attached hydrogens (tertiary/aromatic N) is 2. The molecule has 2 aromatic rings. The van der Waals surface area contributed by atoms with Crippen molar-refractivity contribution in [2.45, 2.75) is 38.1 Å². The first-order valence-electron chi connectivity index (χ1n) is 10.0. The lowest BCUT2D eigenvalue weighted by Gasteiger charge is -2.35. The van der Waals surface area contributed by atoms with Gasteiger partial charge in [-0.2, -0.15) is 4.31 Å².